The van der Waals surface area contributed by atoms with E-state index < -0.39 is 0 Å². The van der Waals surface area contributed by atoms with Crippen molar-refractivity contribution >= 4 is 0 Å². The van der Waals surface area contributed by atoms with Gasteiger partial charge < -0.3 is 10.7 Å². The van der Waals surface area contributed by atoms with E-state index in [4.69, 9.17) is 11.6 Å². The zero-order valence-corrected chi connectivity index (χ0v) is 9.11. The summed E-state index contributed by atoms with van der Waals surface area (Å²) in [4.78, 5) is 0. The molecule has 1 fully saturated rings. The molecule has 0 aliphatic heterocycles. The summed E-state index contributed by atoms with van der Waals surface area (Å²) >= 11 is 0. The van der Waals surface area contributed by atoms with E-state index in [-0.39, 0.29) is 6.04 Å². The van der Waals surface area contributed by atoms with Gasteiger partial charge in [0, 0.05) is 17.8 Å². The van der Waals surface area contributed by atoms with Crippen molar-refractivity contribution in [2.24, 2.45) is 23.4 Å². The van der Waals surface area contributed by atoms with E-state index in [2.05, 4.69) is 20.4 Å². The van der Waals surface area contributed by atoms with Crippen LogP contribution < -0.4 is 11.6 Å². The lowest BCUT2D eigenvalue weighted by Gasteiger charge is -2.27. The van der Waals surface area contributed by atoms with Crippen LogP contribution in [0.15, 0.2) is 24.6 Å². The summed E-state index contributed by atoms with van der Waals surface area (Å²) < 4.78 is 0. The van der Waals surface area contributed by atoms with Crippen LogP contribution in [0.2, 0.25) is 0 Å². The molecule has 3 nitrogen and oxygen atoms in total. The zero-order chi connectivity index (χ0) is 10.7. The summed E-state index contributed by atoms with van der Waals surface area (Å²) in [5.41, 5.74) is 6.78. The van der Waals surface area contributed by atoms with Crippen molar-refractivity contribution in [3.05, 3.63) is 24.6 Å². The molecule has 3 heteroatoms. The molecule has 1 aliphatic carbocycles. The maximum atomic E-state index is 5.90. The number of nitrogens with zero attached hydrogens (tertiary/aromatic N) is 1. The van der Waals surface area contributed by atoms with Crippen molar-refractivity contribution in [2.75, 3.05) is 0 Å². The van der Waals surface area contributed by atoms with E-state index in [0.717, 1.165) is 5.70 Å². The van der Waals surface area contributed by atoms with E-state index in [1.165, 1.54) is 12.8 Å². The number of allylic oxidation sites excluding steroid dienone is 1. The van der Waals surface area contributed by atoms with Crippen molar-refractivity contribution < 1.29 is 0 Å². The fourth-order valence-corrected chi connectivity index (χ4v) is 1.52. The molecule has 4 N–H and O–H groups in total. The van der Waals surface area contributed by atoms with Gasteiger partial charge in [0.2, 0.25) is 0 Å². The molecule has 1 aliphatic rings. The molecule has 0 radical (unpaired) electrons. The highest BCUT2D eigenvalue weighted by Gasteiger charge is 2.25. The topological polar surface area (TPSA) is 55.3 Å². The highest BCUT2D eigenvalue weighted by atomic mass is 15.4. The average Bonchev–Trinajstić information content (AvgIpc) is 2.85. The van der Waals surface area contributed by atoms with E-state index in [1.807, 2.05) is 12.3 Å². The second-order valence-electron chi connectivity index (χ2n) is 4.32. The first-order valence-corrected chi connectivity index (χ1v) is 5.19. The molecule has 1 rings (SSSR count). The first-order valence-electron chi connectivity index (χ1n) is 5.19. The van der Waals surface area contributed by atoms with Gasteiger partial charge in [-0.05, 0) is 18.8 Å². The smallest absolute Gasteiger partial charge is 0.0646 e. The van der Waals surface area contributed by atoms with Gasteiger partial charge in [-0.3, -0.25) is 0 Å². The minimum atomic E-state index is 0.160. The Bertz CT molecular complexity index is 229. The quantitative estimate of drug-likeness (QED) is 0.398. The minimum absolute atomic E-state index is 0.160. The Balaban J connectivity index is 2.57. The third-order valence-electron chi connectivity index (χ3n) is 2.62. The Morgan fingerprint density at radius 1 is 1.50 bits per heavy atom. The van der Waals surface area contributed by atoms with E-state index in [0.29, 0.717) is 11.8 Å². The monoisotopic (exact) mass is 195 g/mol. The molecule has 1 saturated carbocycles. The van der Waals surface area contributed by atoms with Crippen molar-refractivity contribution in [1.29, 1.82) is 0 Å². The number of rotatable bonds is 5. The SMILES string of the molecule is C=CC(C(C)C)N(N)/C=C(\N)C1CC1. The first-order chi connectivity index (χ1) is 6.56. The molecule has 0 amide bonds. The Morgan fingerprint density at radius 3 is 2.43 bits per heavy atom. The fraction of sp³-hybridized carbons (Fsp3) is 0.636. The van der Waals surface area contributed by atoms with Crippen molar-refractivity contribution in [3.8, 4) is 0 Å². The Hall–Kier alpha value is -0.960. The molecule has 1 atom stereocenters. The Kier molecular flexibility index (Phi) is 3.58. The lowest BCUT2D eigenvalue weighted by molar-refractivity contribution is 0.268. The highest BCUT2D eigenvalue weighted by Crippen LogP contribution is 2.33. The summed E-state index contributed by atoms with van der Waals surface area (Å²) in [6, 6.07) is 0.160. The fourth-order valence-electron chi connectivity index (χ4n) is 1.52. The second kappa shape index (κ2) is 4.51. The number of nitrogens with two attached hydrogens (primary N) is 2. The molecule has 0 aromatic rings. The molecule has 0 aromatic heterocycles. The van der Waals surface area contributed by atoms with Crippen LogP contribution in [0, 0.1) is 11.8 Å². The summed E-state index contributed by atoms with van der Waals surface area (Å²) in [5.74, 6) is 6.91. The Labute approximate surface area is 86.4 Å². The predicted octanol–water partition coefficient (Wildman–Crippen LogP) is 1.58. The first kappa shape index (κ1) is 11.1. The molecule has 14 heavy (non-hydrogen) atoms. The van der Waals surface area contributed by atoms with Gasteiger partial charge in [-0.25, -0.2) is 5.84 Å². The third-order valence-corrected chi connectivity index (χ3v) is 2.62. The zero-order valence-electron chi connectivity index (χ0n) is 9.11. The lowest BCUT2D eigenvalue weighted by Crippen LogP contribution is -2.39. The maximum Gasteiger partial charge on any atom is 0.0646 e. The summed E-state index contributed by atoms with van der Waals surface area (Å²) in [6.45, 7) is 8.02. The van der Waals surface area contributed by atoms with E-state index in [1.54, 1.807) is 5.01 Å². The van der Waals surface area contributed by atoms with Gasteiger partial charge in [0.1, 0.15) is 0 Å². The standard InChI is InChI=1S/C11H21N3/c1-4-11(8(2)3)14(13)7-10(12)9-5-6-9/h4,7-9,11H,1,5-6,12-13H2,2-3H3/b10-7-. The third kappa shape index (κ3) is 2.77. The molecule has 0 saturated heterocycles. The van der Waals surface area contributed by atoms with Gasteiger partial charge in [0.25, 0.3) is 0 Å². The molecule has 0 spiro atoms. The van der Waals surface area contributed by atoms with Crippen LogP contribution in [0.25, 0.3) is 0 Å². The van der Waals surface area contributed by atoms with E-state index in [9.17, 15) is 0 Å². The Morgan fingerprint density at radius 2 is 2.07 bits per heavy atom. The van der Waals surface area contributed by atoms with Crippen LogP contribution in [0.4, 0.5) is 0 Å². The lowest BCUT2D eigenvalue weighted by atomic mass is 10.0. The molecule has 1 unspecified atom stereocenters. The molecular formula is C11H21N3. The van der Waals surface area contributed by atoms with Crippen LogP contribution in [-0.4, -0.2) is 11.1 Å². The average molecular weight is 195 g/mol. The van der Waals surface area contributed by atoms with Gasteiger partial charge in [0.15, 0.2) is 0 Å². The van der Waals surface area contributed by atoms with Gasteiger partial charge in [-0.2, -0.15) is 0 Å². The molecule has 0 aromatic carbocycles. The number of hydrazine groups is 1. The number of hydrogen-bond acceptors (Lipinski definition) is 3. The van der Waals surface area contributed by atoms with Crippen LogP contribution in [0.1, 0.15) is 26.7 Å². The van der Waals surface area contributed by atoms with Crippen LogP contribution >= 0.6 is 0 Å². The molecule has 0 bridgehead atoms. The van der Waals surface area contributed by atoms with Crippen LogP contribution in [-0.2, 0) is 0 Å². The van der Waals surface area contributed by atoms with Crippen molar-refractivity contribution in [3.63, 3.8) is 0 Å². The van der Waals surface area contributed by atoms with Crippen molar-refractivity contribution in [2.45, 2.75) is 32.7 Å². The summed E-state index contributed by atoms with van der Waals surface area (Å²) in [6.07, 6.45) is 6.12. The van der Waals surface area contributed by atoms with E-state index >= 15 is 0 Å². The summed E-state index contributed by atoms with van der Waals surface area (Å²) in [7, 11) is 0. The second-order valence-corrected chi connectivity index (χ2v) is 4.32. The summed E-state index contributed by atoms with van der Waals surface area (Å²) in [5, 5.41) is 1.67. The minimum Gasteiger partial charge on any atom is -0.401 e. The van der Waals surface area contributed by atoms with Crippen molar-refractivity contribution in [1.82, 2.24) is 5.01 Å². The molecule has 80 valence electrons. The van der Waals surface area contributed by atoms with Gasteiger partial charge in [0.05, 0.1) is 6.04 Å². The maximum absolute atomic E-state index is 5.90. The van der Waals surface area contributed by atoms with Gasteiger partial charge >= 0.3 is 0 Å². The highest BCUT2D eigenvalue weighted by molar-refractivity contribution is 5.08. The number of hydrogen-bond donors (Lipinski definition) is 2. The largest absolute Gasteiger partial charge is 0.401 e. The molecule has 0 heterocycles. The van der Waals surface area contributed by atoms with Crippen LogP contribution in [0.3, 0.4) is 0 Å². The molecular weight excluding hydrogens is 174 g/mol. The van der Waals surface area contributed by atoms with Gasteiger partial charge in [-0.15, -0.1) is 6.58 Å². The normalized spacial score (nSPS) is 19.6. The van der Waals surface area contributed by atoms with Gasteiger partial charge in [-0.1, -0.05) is 19.9 Å². The van der Waals surface area contributed by atoms with Crippen LogP contribution in [0.5, 0.6) is 0 Å². The predicted molar refractivity (Wildman–Crippen MR) is 59.8 cm³/mol.